The van der Waals surface area contributed by atoms with Gasteiger partial charge in [0.2, 0.25) is 0 Å². The van der Waals surface area contributed by atoms with Gasteiger partial charge in [-0.1, -0.05) is 0 Å². The first kappa shape index (κ1) is 17.4. The fourth-order valence-electron chi connectivity index (χ4n) is 3.18. The van der Waals surface area contributed by atoms with Crippen LogP contribution in [0.1, 0.15) is 23.2 Å². The van der Waals surface area contributed by atoms with Gasteiger partial charge in [-0.05, 0) is 64.2 Å². The lowest BCUT2D eigenvalue weighted by molar-refractivity contribution is 0.383. The average Bonchev–Trinajstić information content (AvgIpc) is 2.83. The number of aromatic nitrogens is 4. The minimum absolute atomic E-state index is 0.554. The van der Waals surface area contributed by atoms with Crippen molar-refractivity contribution in [1.82, 2.24) is 24.0 Å². The summed E-state index contributed by atoms with van der Waals surface area (Å²) in [6.45, 7) is 6.76. The highest BCUT2D eigenvalue weighted by Gasteiger charge is 2.15. The molecular weight excluding hydrogens is 312 g/mol. The Morgan fingerprint density at radius 3 is 2.56 bits per heavy atom. The summed E-state index contributed by atoms with van der Waals surface area (Å²) in [5, 5.41) is 9.60. The van der Waals surface area contributed by atoms with E-state index in [4.69, 9.17) is 10.4 Å². The summed E-state index contributed by atoms with van der Waals surface area (Å²) in [5.41, 5.74) is 4.94. The molecule has 0 aromatic carbocycles. The van der Waals surface area contributed by atoms with Crippen molar-refractivity contribution in [2.24, 2.45) is 0 Å². The van der Waals surface area contributed by atoms with Crippen LogP contribution in [-0.4, -0.2) is 44.6 Å². The third kappa shape index (κ3) is 3.49. The van der Waals surface area contributed by atoms with Gasteiger partial charge in [-0.2, -0.15) is 0 Å². The van der Waals surface area contributed by atoms with Crippen LogP contribution >= 0.6 is 0 Å². The van der Waals surface area contributed by atoms with E-state index in [9.17, 15) is 0 Å². The molecule has 0 saturated carbocycles. The Morgan fingerprint density at radius 1 is 1.16 bits per heavy atom. The average molecular weight is 338 g/mol. The molecule has 3 aromatic heterocycles. The summed E-state index contributed by atoms with van der Waals surface area (Å²) < 4.78 is 4.15. The van der Waals surface area contributed by atoms with Crippen LogP contribution in [0.3, 0.4) is 0 Å². The van der Waals surface area contributed by atoms with Gasteiger partial charge in [-0.25, -0.2) is 4.98 Å². The van der Waals surface area contributed by atoms with Gasteiger partial charge in [0.25, 0.3) is 0 Å². The van der Waals surface area contributed by atoms with Crippen LogP contribution in [0.25, 0.3) is 11.0 Å². The molecule has 0 aliphatic carbocycles. The topological polar surface area (TPSA) is 62.7 Å². The molecule has 6 heteroatoms. The minimum atomic E-state index is 0.554. The lowest BCUT2D eigenvalue weighted by atomic mass is 10.2. The molecule has 0 aliphatic rings. The first-order chi connectivity index (χ1) is 12.0. The maximum Gasteiger partial charge on any atom is 0.146 e. The van der Waals surface area contributed by atoms with Gasteiger partial charge >= 0.3 is 0 Å². The molecule has 132 valence electrons. The van der Waals surface area contributed by atoms with Gasteiger partial charge in [-0.3, -0.25) is 10.4 Å². The predicted molar refractivity (Wildman–Crippen MR) is 99.6 cm³/mol. The first-order valence-electron chi connectivity index (χ1n) is 8.62. The second kappa shape index (κ2) is 7.19. The number of nitrogens with zero attached hydrogens (tertiary/aromatic N) is 5. The summed E-state index contributed by atoms with van der Waals surface area (Å²) in [7, 11) is 4.14. The quantitative estimate of drug-likeness (QED) is 0.750. The standard InChI is InChI=1S/C19H26N6/c1-14-15(2)25(12-16-6-8-21-9-7-16)19-17(14)18(20)24(13-22-19)11-5-10-23(3)4/h6-9,13,20H,5,10-12H2,1-4H3. The van der Waals surface area contributed by atoms with Crippen molar-refractivity contribution < 1.29 is 0 Å². The van der Waals surface area contributed by atoms with Crippen molar-refractivity contribution in [3.63, 3.8) is 0 Å². The molecule has 6 nitrogen and oxygen atoms in total. The van der Waals surface area contributed by atoms with E-state index >= 15 is 0 Å². The highest BCUT2D eigenvalue weighted by Crippen LogP contribution is 2.21. The molecule has 3 rings (SSSR count). The maximum atomic E-state index is 8.64. The number of hydrogen-bond donors (Lipinski definition) is 1. The molecule has 1 N–H and O–H groups in total. The van der Waals surface area contributed by atoms with Crippen LogP contribution in [0.5, 0.6) is 0 Å². The molecular formula is C19H26N6. The van der Waals surface area contributed by atoms with Crippen LogP contribution in [-0.2, 0) is 13.1 Å². The maximum absolute atomic E-state index is 8.64. The largest absolute Gasteiger partial charge is 0.325 e. The monoisotopic (exact) mass is 338 g/mol. The Morgan fingerprint density at radius 2 is 1.88 bits per heavy atom. The molecule has 0 amide bonds. The molecule has 0 atom stereocenters. The Hall–Kier alpha value is -2.47. The number of pyridine rings is 1. The summed E-state index contributed by atoms with van der Waals surface area (Å²) in [6, 6.07) is 4.04. The molecule has 0 spiro atoms. The lowest BCUT2D eigenvalue weighted by Crippen LogP contribution is -2.23. The van der Waals surface area contributed by atoms with Gasteiger partial charge in [0.15, 0.2) is 0 Å². The Bertz CT molecular complexity index is 920. The normalized spacial score (nSPS) is 11.6. The summed E-state index contributed by atoms with van der Waals surface area (Å²) in [4.78, 5) is 10.9. The van der Waals surface area contributed by atoms with Gasteiger partial charge in [-0.15, -0.1) is 0 Å². The first-order valence-corrected chi connectivity index (χ1v) is 8.62. The summed E-state index contributed by atoms with van der Waals surface area (Å²) in [6.07, 6.45) is 6.44. The molecule has 3 aromatic rings. The van der Waals surface area contributed by atoms with Gasteiger partial charge in [0.1, 0.15) is 11.1 Å². The van der Waals surface area contributed by atoms with Gasteiger partial charge < -0.3 is 14.0 Å². The molecule has 3 heterocycles. The Balaban J connectivity index is 1.99. The fraction of sp³-hybridized carbons (Fsp3) is 0.421. The lowest BCUT2D eigenvalue weighted by Gasteiger charge is -2.12. The van der Waals surface area contributed by atoms with Gasteiger partial charge in [0.05, 0.1) is 11.7 Å². The van der Waals surface area contributed by atoms with E-state index in [-0.39, 0.29) is 0 Å². The van der Waals surface area contributed by atoms with Crippen LogP contribution in [0.4, 0.5) is 0 Å². The number of rotatable bonds is 6. The smallest absolute Gasteiger partial charge is 0.146 e. The van der Waals surface area contributed by atoms with E-state index in [1.54, 1.807) is 0 Å². The highest BCUT2D eigenvalue weighted by atomic mass is 15.1. The molecule has 0 aliphatic heterocycles. The molecule has 0 saturated heterocycles. The predicted octanol–water partition coefficient (Wildman–Crippen LogP) is 2.33. The number of fused-ring (bicyclic) bond motifs is 1. The highest BCUT2D eigenvalue weighted by molar-refractivity contribution is 5.80. The Labute approximate surface area is 148 Å². The SMILES string of the molecule is Cc1c(C)n(Cc2ccncc2)c2ncn(CCCN(C)C)c(=N)c12. The van der Waals surface area contributed by atoms with Crippen LogP contribution in [0.2, 0.25) is 0 Å². The third-order valence-corrected chi connectivity index (χ3v) is 4.74. The van der Waals surface area contributed by atoms with E-state index in [1.165, 1.54) is 11.3 Å². The van der Waals surface area contributed by atoms with Crippen molar-refractivity contribution in [2.45, 2.75) is 33.4 Å². The van der Waals surface area contributed by atoms with Gasteiger partial charge in [0, 0.05) is 31.2 Å². The van der Waals surface area contributed by atoms with Crippen LogP contribution in [0.15, 0.2) is 30.9 Å². The van der Waals surface area contributed by atoms with Crippen molar-refractivity contribution >= 4 is 11.0 Å². The zero-order valence-electron chi connectivity index (χ0n) is 15.5. The van der Waals surface area contributed by atoms with Crippen molar-refractivity contribution in [3.8, 4) is 0 Å². The van der Waals surface area contributed by atoms with Crippen molar-refractivity contribution in [3.05, 3.63) is 53.2 Å². The van der Waals surface area contributed by atoms with E-state index < -0.39 is 0 Å². The number of aryl methyl sites for hydroxylation is 2. The third-order valence-electron chi connectivity index (χ3n) is 4.74. The second-order valence-electron chi connectivity index (χ2n) is 6.79. The zero-order chi connectivity index (χ0) is 18.0. The number of hydrogen-bond acceptors (Lipinski definition) is 4. The fourth-order valence-corrected chi connectivity index (χ4v) is 3.18. The molecule has 0 radical (unpaired) electrons. The second-order valence-corrected chi connectivity index (χ2v) is 6.79. The number of nitrogens with one attached hydrogen (secondary N) is 1. The van der Waals surface area contributed by atoms with Crippen molar-refractivity contribution in [2.75, 3.05) is 20.6 Å². The van der Waals surface area contributed by atoms with E-state index in [0.29, 0.717) is 5.49 Å². The molecule has 0 fully saturated rings. The summed E-state index contributed by atoms with van der Waals surface area (Å²) >= 11 is 0. The van der Waals surface area contributed by atoms with E-state index in [2.05, 4.69) is 42.4 Å². The van der Waals surface area contributed by atoms with Crippen molar-refractivity contribution in [1.29, 1.82) is 5.41 Å². The van der Waals surface area contributed by atoms with E-state index in [0.717, 1.165) is 42.7 Å². The summed E-state index contributed by atoms with van der Waals surface area (Å²) in [5.74, 6) is 0. The molecule has 0 unspecified atom stereocenters. The zero-order valence-corrected chi connectivity index (χ0v) is 15.5. The Kier molecular flexibility index (Phi) is 4.99. The van der Waals surface area contributed by atoms with E-state index in [1.807, 2.05) is 35.4 Å². The van der Waals surface area contributed by atoms with Crippen LogP contribution in [0, 0.1) is 19.3 Å². The molecule has 0 bridgehead atoms. The molecule has 25 heavy (non-hydrogen) atoms. The van der Waals surface area contributed by atoms with Crippen LogP contribution < -0.4 is 5.49 Å². The minimum Gasteiger partial charge on any atom is -0.325 e.